The molecule has 2 aliphatic rings. The molecular weight excluding hydrogens is 448 g/mol. The number of benzene rings is 2. The molecule has 2 amide bonds. The summed E-state index contributed by atoms with van der Waals surface area (Å²) in [4.78, 5) is 38.3. The molecule has 2 aromatic rings. The number of ether oxygens (including phenoxy) is 2. The van der Waals surface area contributed by atoms with Crippen LogP contribution in [0.25, 0.3) is 11.1 Å². The molecule has 8 heteroatoms. The summed E-state index contributed by atoms with van der Waals surface area (Å²) in [6, 6.07) is 15.5. The summed E-state index contributed by atoms with van der Waals surface area (Å²) in [5.41, 5.74) is 3.85. The van der Waals surface area contributed by atoms with Gasteiger partial charge in [-0.05, 0) is 35.1 Å². The molecular formula is C27H32N2O6. The maximum absolute atomic E-state index is 13.2. The zero-order chi connectivity index (χ0) is 25.2. The van der Waals surface area contributed by atoms with Gasteiger partial charge in [0.1, 0.15) is 24.9 Å². The molecule has 0 bridgehead atoms. The molecule has 0 aromatic heterocycles. The Morgan fingerprint density at radius 2 is 1.66 bits per heavy atom. The number of carbonyl (C=O) groups is 3. The van der Waals surface area contributed by atoms with Gasteiger partial charge in [0, 0.05) is 5.92 Å². The zero-order valence-electron chi connectivity index (χ0n) is 20.3. The van der Waals surface area contributed by atoms with Crippen molar-refractivity contribution < 1.29 is 29.0 Å². The summed E-state index contributed by atoms with van der Waals surface area (Å²) in [6.45, 7) is 5.96. The Kier molecular flexibility index (Phi) is 7.12. The second-order valence-electron chi connectivity index (χ2n) is 9.66. The van der Waals surface area contributed by atoms with Crippen molar-refractivity contribution in [2.24, 2.45) is 5.92 Å². The molecule has 2 aromatic carbocycles. The lowest BCUT2D eigenvalue weighted by Crippen LogP contribution is -2.67. The Balaban J connectivity index is 1.38. The standard InChI is InChI=1S/C27H32N2O6/c1-4-17(2)24(25(32)29-15-27(3,16-29)35-14-23(30)31)28-26(33)34-13-22-20-11-7-5-9-18(20)19-10-6-8-12-21(19)22/h5-12,17,22,24H,4,13-16H2,1-3H3,(H,28,33)(H,30,31). The summed E-state index contributed by atoms with van der Waals surface area (Å²) in [7, 11) is 0. The van der Waals surface area contributed by atoms with E-state index in [4.69, 9.17) is 14.6 Å². The molecule has 2 atom stereocenters. The van der Waals surface area contributed by atoms with Gasteiger partial charge in [-0.1, -0.05) is 68.8 Å². The Hall–Kier alpha value is -3.39. The molecule has 1 aliphatic heterocycles. The van der Waals surface area contributed by atoms with Crippen molar-refractivity contribution in [3.05, 3.63) is 59.7 Å². The predicted octanol–water partition coefficient (Wildman–Crippen LogP) is 3.64. The Bertz CT molecular complexity index is 1060. The lowest BCUT2D eigenvalue weighted by Gasteiger charge is -2.48. The minimum absolute atomic E-state index is 0.0617. The Morgan fingerprint density at radius 1 is 1.09 bits per heavy atom. The number of likely N-dealkylation sites (tertiary alicyclic amines) is 1. The van der Waals surface area contributed by atoms with E-state index in [-0.39, 0.29) is 37.4 Å². The number of fused-ring (bicyclic) bond motifs is 3. The van der Waals surface area contributed by atoms with Crippen molar-refractivity contribution in [3.63, 3.8) is 0 Å². The highest BCUT2D eigenvalue weighted by Gasteiger charge is 2.45. The number of hydrogen-bond acceptors (Lipinski definition) is 5. The molecule has 0 saturated carbocycles. The van der Waals surface area contributed by atoms with Crippen molar-refractivity contribution >= 4 is 18.0 Å². The van der Waals surface area contributed by atoms with Crippen molar-refractivity contribution in [3.8, 4) is 11.1 Å². The summed E-state index contributed by atoms with van der Waals surface area (Å²) in [6.07, 6.45) is 0.0663. The van der Waals surface area contributed by atoms with E-state index in [1.165, 1.54) is 0 Å². The number of nitrogens with zero attached hydrogens (tertiary/aromatic N) is 1. The van der Waals surface area contributed by atoms with E-state index in [9.17, 15) is 14.4 Å². The zero-order valence-corrected chi connectivity index (χ0v) is 20.3. The van der Waals surface area contributed by atoms with Crippen molar-refractivity contribution in [1.82, 2.24) is 10.2 Å². The third kappa shape index (κ3) is 5.17. The summed E-state index contributed by atoms with van der Waals surface area (Å²) < 4.78 is 11.0. The van der Waals surface area contributed by atoms with Crippen LogP contribution in [0.1, 0.15) is 44.2 Å². The second-order valence-corrected chi connectivity index (χ2v) is 9.66. The first-order chi connectivity index (χ1) is 16.7. The third-order valence-corrected chi connectivity index (χ3v) is 7.00. The van der Waals surface area contributed by atoms with E-state index in [0.29, 0.717) is 6.42 Å². The maximum atomic E-state index is 13.2. The van der Waals surface area contributed by atoms with E-state index < -0.39 is 30.3 Å². The lowest BCUT2D eigenvalue weighted by atomic mass is 9.91. The highest BCUT2D eigenvalue weighted by atomic mass is 16.5. The van der Waals surface area contributed by atoms with Gasteiger partial charge in [-0.25, -0.2) is 9.59 Å². The van der Waals surface area contributed by atoms with E-state index in [0.717, 1.165) is 22.3 Å². The third-order valence-electron chi connectivity index (χ3n) is 7.00. The van der Waals surface area contributed by atoms with Gasteiger partial charge in [-0.15, -0.1) is 0 Å². The van der Waals surface area contributed by atoms with Crippen LogP contribution in [0.3, 0.4) is 0 Å². The van der Waals surface area contributed by atoms with Crippen LogP contribution in [0, 0.1) is 5.92 Å². The molecule has 8 nitrogen and oxygen atoms in total. The lowest BCUT2D eigenvalue weighted by molar-refractivity contribution is -0.175. The number of hydrogen-bond donors (Lipinski definition) is 2. The normalized spacial score (nSPS) is 17.5. The minimum atomic E-state index is -1.05. The summed E-state index contributed by atoms with van der Waals surface area (Å²) in [5, 5.41) is 11.6. The first-order valence-electron chi connectivity index (χ1n) is 12.0. The SMILES string of the molecule is CCC(C)C(NC(=O)OCC1c2ccccc2-c2ccccc21)C(=O)N1CC(C)(OCC(=O)O)C1. The smallest absolute Gasteiger partial charge is 0.407 e. The van der Waals surface area contributed by atoms with E-state index in [1.807, 2.05) is 38.1 Å². The van der Waals surface area contributed by atoms with E-state index in [1.54, 1.807) is 11.8 Å². The number of rotatable bonds is 9. The fraction of sp³-hybridized carbons (Fsp3) is 0.444. The van der Waals surface area contributed by atoms with Gasteiger partial charge in [0.05, 0.1) is 13.1 Å². The number of alkyl carbamates (subject to hydrolysis) is 1. The molecule has 1 saturated heterocycles. The molecule has 1 aliphatic carbocycles. The van der Waals surface area contributed by atoms with Crippen LogP contribution in [0.15, 0.2) is 48.5 Å². The average Bonchev–Trinajstić information content (AvgIpc) is 3.16. The number of carboxylic acids is 1. The van der Waals surface area contributed by atoms with E-state index in [2.05, 4.69) is 29.6 Å². The fourth-order valence-electron chi connectivity index (χ4n) is 4.89. The fourth-order valence-corrected chi connectivity index (χ4v) is 4.89. The largest absolute Gasteiger partial charge is 0.480 e. The number of carboxylic acid groups (broad SMARTS) is 1. The predicted molar refractivity (Wildman–Crippen MR) is 130 cm³/mol. The van der Waals surface area contributed by atoms with Crippen LogP contribution in [0.4, 0.5) is 4.79 Å². The van der Waals surface area contributed by atoms with Crippen molar-refractivity contribution in [2.45, 2.75) is 44.8 Å². The van der Waals surface area contributed by atoms with Gasteiger partial charge in [0.15, 0.2) is 0 Å². The first kappa shape index (κ1) is 24.7. The molecule has 35 heavy (non-hydrogen) atoms. The molecule has 1 fully saturated rings. The topological polar surface area (TPSA) is 105 Å². The van der Waals surface area contributed by atoms with Gasteiger partial charge in [0.2, 0.25) is 5.91 Å². The van der Waals surface area contributed by atoms with Crippen LogP contribution < -0.4 is 5.32 Å². The minimum Gasteiger partial charge on any atom is -0.480 e. The Morgan fingerprint density at radius 3 is 2.20 bits per heavy atom. The molecule has 4 rings (SSSR count). The number of aliphatic carboxylic acids is 1. The highest BCUT2D eigenvalue weighted by Crippen LogP contribution is 2.44. The summed E-state index contributed by atoms with van der Waals surface area (Å²) in [5.74, 6) is -1.43. The number of nitrogens with one attached hydrogen (secondary N) is 1. The number of carbonyl (C=O) groups excluding carboxylic acids is 2. The van der Waals surface area contributed by atoms with Gasteiger partial charge in [-0.3, -0.25) is 4.79 Å². The molecule has 0 spiro atoms. The van der Waals surface area contributed by atoms with Gasteiger partial charge < -0.3 is 24.8 Å². The van der Waals surface area contributed by atoms with Gasteiger partial charge in [0.25, 0.3) is 0 Å². The summed E-state index contributed by atoms with van der Waals surface area (Å²) >= 11 is 0. The average molecular weight is 481 g/mol. The van der Waals surface area contributed by atoms with Crippen LogP contribution in [0.2, 0.25) is 0 Å². The highest BCUT2D eigenvalue weighted by molar-refractivity contribution is 5.87. The molecule has 1 heterocycles. The van der Waals surface area contributed by atoms with Crippen LogP contribution in [0.5, 0.6) is 0 Å². The molecule has 186 valence electrons. The quantitative estimate of drug-likeness (QED) is 0.568. The van der Waals surface area contributed by atoms with Gasteiger partial charge in [-0.2, -0.15) is 0 Å². The van der Waals surface area contributed by atoms with Crippen molar-refractivity contribution in [1.29, 1.82) is 0 Å². The second kappa shape index (κ2) is 10.1. The van der Waals surface area contributed by atoms with Gasteiger partial charge >= 0.3 is 12.1 Å². The molecule has 2 N–H and O–H groups in total. The van der Waals surface area contributed by atoms with Crippen LogP contribution >= 0.6 is 0 Å². The van der Waals surface area contributed by atoms with Crippen LogP contribution in [-0.4, -0.2) is 65.9 Å². The van der Waals surface area contributed by atoms with Crippen molar-refractivity contribution in [2.75, 3.05) is 26.3 Å². The van der Waals surface area contributed by atoms with Crippen LogP contribution in [-0.2, 0) is 19.1 Å². The molecule has 2 unspecified atom stereocenters. The monoisotopic (exact) mass is 480 g/mol. The molecule has 0 radical (unpaired) electrons. The first-order valence-corrected chi connectivity index (χ1v) is 12.0. The maximum Gasteiger partial charge on any atom is 0.407 e. The Labute approximate surface area is 205 Å². The van der Waals surface area contributed by atoms with E-state index >= 15 is 0 Å². The number of amides is 2.